The fraction of sp³-hybridized carbons (Fsp3) is 0.500. The van der Waals surface area contributed by atoms with Gasteiger partial charge in [0.25, 0.3) is 0 Å². The summed E-state index contributed by atoms with van der Waals surface area (Å²) in [4.78, 5) is 6.89. The Kier molecular flexibility index (Phi) is 5.51. The van der Waals surface area contributed by atoms with E-state index >= 15 is 0 Å². The molecular formula is C22H28N2O2. The lowest BCUT2D eigenvalue weighted by Gasteiger charge is -2.44. The number of nitrogens with zero attached hydrogens (tertiary/aromatic N) is 2. The zero-order valence-electron chi connectivity index (χ0n) is 15.4. The van der Waals surface area contributed by atoms with Crippen molar-refractivity contribution in [2.45, 2.75) is 38.8 Å². The number of pyridine rings is 1. The van der Waals surface area contributed by atoms with Gasteiger partial charge in [0.15, 0.2) is 0 Å². The third-order valence-corrected chi connectivity index (χ3v) is 5.89. The molecule has 2 aromatic rings. The molecule has 4 rings (SSSR count). The minimum atomic E-state index is 0.512. The van der Waals surface area contributed by atoms with Gasteiger partial charge in [-0.3, -0.25) is 9.88 Å². The molecule has 0 atom stereocenters. The summed E-state index contributed by atoms with van der Waals surface area (Å²) in [6.45, 7) is 5.81. The standard InChI is InChI=1S/C22H28N2O2/c1-2-11-23-20(5-1)18-26-21-6-3-4-19(16-21)17-24-12-7-22(8-13-24)9-14-25-15-10-22/h1-6,11,16H,7-10,12-15,17-18H2. The van der Waals surface area contributed by atoms with Crippen molar-refractivity contribution >= 4 is 0 Å². The Morgan fingerprint density at radius 2 is 1.85 bits per heavy atom. The van der Waals surface area contributed by atoms with E-state index in [1.54, 1.807) is 6.20 Å². The molecule has 0 saturated carbocycles. The van der Waals surface area contributed by atoms with Crippen molar-refractivity contribution in [2.24, 2.45) is 5.41 Å². The van der Waals surface area contributed by atoms with Crippen molar-refractivity contribution in [1.82, 2.24) is 9.88 Å². The first kappa shape index (κ1) is 17.5. The third-order valence-electron chi connectivity index (χ3n) is 5.89. The first-order valence-corrected chi connectivity index (χ1v) is 9.73. The third kappa shape index (κ3) is 4.43. The maximum atomic E-state index is 5.92. The summed E-state index contributed by atoms with van der Waals surface area (Å²) in [6, 6.07) is 14.4. The average Bonchev–Trinajstić information content (AvgIpc) is 2.70. The van der Waals surface area contributed by atoms with Crippen LogP contribution < -0.4 is 4.74 Å². The first-order chi connectivity index (χ1) is 12.8. The molecular weight excluding hydrogens is 324 g/mol. The van der Waals surface area contributed by atoms with E-state index in [1.807, 2.05) is 24.3 Å². The molecule has 1 spiro atoms. The lowest BCUT2D eigenvalue weighted by molar-refractivity contribution is -0.0218. The number of rotatable bonds is 5. The van der Waals surface area contributed by atoms with E-state index in [2.05, 4.69) is 28.1 Å². The molecule has 2 aliphatic heterocycles. The summed E-state index contributed by atoms with van der Waals surface area (Å²) in [5, 5.41) is 0. The second-order valence-corrected chi connectivity index (χ2v) is 7.65. The Morgan fingerprint density at radius 3 is 2.62 bits per heavy atom. The summed E-state index contributed by atoms with van der Waals surface area (Å²) < 4.78 is 11.5. The normalized spacial score (nSPS) is 20.2. The van der Waals surface area contributed by atoms with Crippen LogP contribution in [0.15, 0.2) is 48.7 Å². The largest absolute Gasteiger partial charge is 0.487 e. The van der Waals surface area contributed by atoms with E-state index in [-0.39, 0.29) is 0 Å². The summed E-state index contributed by atoms with van der Waals surface area (Å²) in [5.74, 6) is 0.922. The zero-order valence-corrected chi connectivity index (χ0v) is 15.4. The van der Waals surface area contributed by atoms with Crippen LogP contribution in [0.25, 0.3) is 0 Å². The monoisotopic (exact) mass is 352 g/mol. The summed E-state index contributed by atoms with van der Waals surface area (Å²) in [7, 11) is 0. The summed E-state index contributed by atoms with van der Waals surface area (Å²) in [5.41, 5.74) is 2.84. The van der Waals surface area contributed by atoms with E-state index in [1.165, 1.54) is 44.3 Å². The minimum absolute atomic E-state index is 0.512. The SMILES string of the molecule is c1ccc(COc2cccc(CN3CCC4(CCOCC4)CC3)c2)nc1. The topological polar surface area (TPSA) is 34.6 Å². The molecule has 138 valence electrons. The fourth-order valence-electron chi connectivity index (χ4n) is 4.12. The van der Waals surface area contributed by atoms with Crippen molar-refractivity contribution in [3.8, 4) is 5.75 Å². The zero-order chi connectivity index (χ0) is 17.7. The average molecular weight is 352 g/mol. The number of hydrogen-bond donors (Lipinski definition) is 0. The van der Waals surface area contributed by atoms with Gasteiger partial charge in [0.2, 0.25) is 0 Å². The molecule has 0 bridgehead atoms. The van der Waals surface area contributed by atoms with Gasteiger partial charge in [-0.1, -0.05) is 18.2 Å². The number of ether oxygens (including phenoxy) is 2. The molecule has 2 aliphatic rings. The van der Waals surface area contributed by atoms with Gasteiger partial charge >= 0.3 is 0 Å². The molecule has 4 nitrogen and oxygen atoms in total. The highest BCUT2D eigenvalue weighted by atomic mass is 16.5. The van der Waals surface area contributed by atoms with E-state index in [4.69, 9.17) is 9.47 Å². The fourth-order valence-corrected chi connectivity index (χ4v) is 4.12. The summed E-state index contributed by atoms with van der Waals surface area (Å²) >= 11 is 0. The smallest absolute Gasteiger partial charge is 0.130 e. The molecule has 0 aliphatic carbocycles. The lowest BCUT2D eigenvalue weighted by Crippen LogP contribution is -2.42. The maximum absolute atomic E-state index is 5.92. The molecule has 26 heavy (non-hydrogen) atoms. The quantitative estimate of drug-likeness (QED) is 0.813. The highest BCUT2D eigenvalue weighted by Crippen LogP contribution is 2.40. The molecule has 0 unspecified atom stereocenters. The van der Waals surface area contributed by atoms with Crippen molar-refractivity contribution in [3.63, 3.8) is 0 Å². The van der Waals surface area contributed by atoms with E-state index < -0.39 is 0 Å². The Balaban J connectivity index is 1.30. The number of piperidine rings is 1. The van der Waals surface area contributed by atoms with Gasteiger partial charge in [0, 0.05) is 26.0 Å². The lowest BCUT2D eigenvalue weighted by atomic mass is 9.72. The molecule has 0 N–H and O–H groups in total. The molecule has 2 saturated heterocycles. The van der Waals surface area contributed by atoms with Crippen molar-refractivity contribution in [2.75, 3.05) is 26.3 Å². The molecule has 1 aromatic heterocycles. The Labute approximate surface area is 156 Å². The van der Waals surface area contributed by atoms with Crippen molar-refractivity contribution in [1.29, 1.82) is 0 Å². The predicted octanol–water partition coefficient (Wildman–Crippen LogP) is 4.05. The van der Waals surface area contributed by atoms with Crippen LogP contribution in [0.4, 0.5) is 0 Å². The van der Waals surface area contributed by atoms with Gasteiger partial charge in [0.05, 0.1) is 5.69 Å². The minimum Gasteiger partial charge on any atom is -0.487 e. The van der Waals surface area contributed by atoms with Gasteiger partial charge in [0.1, 0.15) is 12.4 Å². The van der Waals surface area contributed by atoms with Crippen LogP contribution >= 0.6 is 0 Å². The van der Waals surface area contributed by atoms with Crippen LogP contribution in [0.3, 0.4) is 0 Å². The summed E-state index contributed by atoms with van der Waals surface area (Å²) in [6.07, 6.45) is 6.92. The van der Waals surface area contributed by atoms with Gasteiger partial charge in [-0.2, -0.15) is 0 Å². The Hall–Kier alpha value is -1.91. The van der Waals surface area contributed by atoms with Crippen LogP contribution in [0.5, 0.6) is 5.75 Å². The van der Waals surface area contributed by atoms with E-state index in [9.17, 15) is 0 Å². The second kappa shape index (κ2) is 8.19. The highest BCUT2D eigenvalue weighted by Gasteiger charge is 2.35. The van der Waals surface area contributed by atoms with Gasteiger partial charge in [-0.05, 0) is 74.0 Å². The highest BCUT2D eigenvalue weighted by molar-refractivity contribution is 5.28. The molecule has 4 heteroatoms. The molecule has 0 radical (unpaired) electrons. The number of likely N-dealkylation sites (tertiary alicyclic amines) is 1. The first-order valence-electron chi connectivity index (χ1n) is 9.73. The number of hydrogen-bond acceptors (Lipinski definition) is 4. The molecule has 2 fully saturated rings. The van der Waals surface area contributed by atoms with Crippen LogP contribution in [0.2, 0.25) is 0 Å². The number of aromatic nitrogens is 1. The number of benzene rings is 1. The molecule has 1 aromatic carbocycles. The maximum Gasteiger partial charge on any atom is 0.130 e. The van der Waals surface area contributed by atoms with E-state index in [0.29, 0.717) is 12.0 Å². The van der Waals surface area contributed by atoms with Crippen molar-refractivity contribution < 1.29 is 9.47 Å². The van der Waals surface area contributed by atoms with Crippen LogP contribution in [0.1, 0.15) is 36.9 Å². The van der Waals surface area contributed by atoms with E-state index in [0.717, 1.165) is 31.2 Å². The molecule has 3 heterocycles. The second-order valence-electron chi connectivity index (χ2n) is 7.65. The van der Waals surface area contributed by atoms with Crippen LogP contribution in [-0.4, -0.2) is 36.2 Å². The van der Waals surface area contributed by atoms with Crippen LogP contribution in [-0.2, 0) is 17.9 Å². The predicted molar refractivity (Wildman–Crippen MR) is 102 cm³/mol. The van der Waals surface area contributed by atoms with Crippen molar-refractivity contribution in [3.05, 3.63) is 59.9 Å². The van der Waals surface area contributed by atoms with Gasteiger partial charge < -0.3 is 9.47 Å². The molecule has 0 amide bonds. The van der Waals surface area contributed by atoms with Gasteiger partial charge in [-0.15, -0.1) is 0 Å². The Morgan fingerprint density at radius 1 is 1.00 bits per heavy atom. The Bertz CT molecular complexity index is 688. The van der Waals surface area contributed by atoms with Gasteiger partial charge in [-0.25, -0.2) is 0 Å². The van der Waals surface area contributed by atoms with Crippen LogP contribution in [0, 0.1) is 5.41 Å².